The minimum absolute atomic E-state index is 0.106. The molecule has 2 rings (SSSR count). The molecule has 0 saturated heterocycles. The van der Waals surface area contributed by atoms with Crippen LogP contribution in [0.3, 0.4) is 0 Å². The number of nitrogens with zero attached hydrogens (tertiary/aromatic N) is 1. The van der Waals surface area contributed by atoms with Crippen LogP contribution in [0.2, 0.25) is 10.0 Å². The molecular formula is C12H12Cl2N2S. The van der Waals surface area contributed by atoms with Crippen molar-refractivity contribution < 1.29 is 0 Å². The van der Waals surface area contributed by atoms with Crippen LogP contribution in [-0.2, 0) is 0 Å². The monoisotopic (exact) mass is 286 g/mol. The van der Waals surface area contributed by atoms with E-state index in [-0.39, 0.29) is 6.04 Å². The molecule has 1 aliphatic carbocycles. The van der Waals surface area contributed by atoms with E-state index >= 15 is 0 Å². The van der Waals surface area contributed by atoms with Crippen LogP contribution in [0.1, 0.15) is 12.8 Å². The van der Waals surface area contributed by atoms with Crippen molar-refractivity contribution in [2.45, 2.75) is 29.8 Å². The summed E-state index contributed by atoms with van der Waals surface area (Å²) < 4.78 is 0. The van der Waals surface area contributed by atoms with Crippen LogP contribution < -0.4 is 5.32 Å². The third-order valence-electron chi connectivity index (χ3n) is 2.42. The van der Waals surface area contributed by atoms with E-state index in [0.29, 0.717) is 21.8 Å². The summed E-state index contributed by atoms with van der Waals surface area (Å²) in [7, 11) is 0. The number of nitriles is 1. The molecule has 1 aliphatic rings. The normalized spacial score (nSPS) is 16.5. The van der Waals surface area contributed by atoms with Gasteiger partial charge in [-0.25, -0.2) is 0 Å². The van der Waals surface area contributed by atoms with Gasteiger partial charge in [-0.15, -0.1) is 11.8 Å². The van der Waals surface area contributed by atoms with E-state index in [4.69, 9.17) is 28.5 Å². The Hall–Kier alpha value is -0.400. The highest BCUT2D eigenvalue weighted by Crippen LogP contribution is 2.27. The third-order valence-corrected chi connectivity index (χ3v) is 3.93. The quantitative estimate of drug-likeness (QED) is 0.838. The zero-order chi connectivity index (χ0) is 12.3. The summed E-state index contributed by atoms with van der Waals surface area (Å²) in [5, 5.41) is 13.6. The van der Waals surface area contributed by atoms with Crippen molar-refractivity contribution in [1.82, 2.24) is 5.32 Å². The van der Waals surface area contributed by atoms with Crippen LogP contribution >= 0.6 is 35.0 Å². The summed E-state index contributed by atoms with van der Waals surface area (Å²) in [5.41, 5.74) is 0. The molecule has 1 fully saturated rings. The molecule has 0 aromatic heterocycles. The second-order valence-electron chi connectivity index (χ2n) is 4.04. The standard InChI is InChI=1S/C12H12Cl2N2S/c13-8-3-9(14)5-12(4-8)17-7-11(6-15)16-10-1-2-10/h3-5,10-11,16H,1-2,7H2. The van der Waals surface area contributed by atoms with Crippen molar-refractivity contribution in [2.75, 3.05) is 5.75 Å². The largest absolute Gasteiger partial charge is 0.298 e. The van der Waals surface area contributed by atoms with Gasteiger partial charge in [0.05, 0.1) is 6.07 Å². The van der Waals surface area contributed by atoms with Gasteiger partial charge in [0.2, 0.25) is 0 Å². The Bertz CT molecular complexity index is 420. The lowest BCUT2D eigenvalue weighted by Crippen LogP contribution is -2.31. The first-order valence-corrected chi connectivity index (χ1v) is 7.16. The van der Waals surface area contributed by atoms with Gasteiger partial charge in [0.1, 0.15) is 6.04 Å². The molecule has 2 nitrogen and oxygen atoms in total. The van der Waals surface area contributed by atoms with Gasteiger partial charge in [-0.1, -0.05) is 23.2 Å². The Morgan fingerprint density at radius 3 is 2.53 bits per heavy atom. The first-order valence-electron chi connectivity index (χ1n) is 5.42. The van der Waals surface area contributed by atoms with Crippen molar-refractivity contribution in [3.05, 3.63) is 28.2 Å². The minimum Gasteiger partial charge on any atom is -0.298 e. The molecule has 1 atom stereocenters. The van der Waals surface area contributed by atoms with Crippen LogP contribution in [0.25, 0.3) is 0 Å². The fourth-order valence-corrected chi connectivity index (χ4v) is 3.05. The predicted molar refractivity (Wildman–Crippen MR) is 72.7 cm³/mol. The van der Waals surface area contributed by atoms with Crippen molar-refractivity contribution in [1.29, 1.82) is 5.26 Å². The van der Waals surface area contributed by atoms with E-state index in [1.807, 2.05) is 12.1 Å². The molecule has 0 amide bonds. The van der Waals surface area contributed by atoms with Crippen LogP contribution in [-0.4, -0.2) is 17.8 Å². The molecule has 1 aromatic rings. The Labute approximate surface area is 115 Å². The van der Waals surface area contributed by atoms with Crippen LogP contribution in [0.4, 0.5) is 0 Å². The smallest absolute Gasteiger partial charge is 0.105 e. The Balaban J connectivity index is 1.89. The van der Waals surface area contributed by atoms with E-state index in [1.165, 1.54) is 12.8 Å². The maximum atomic E-state index is 9.01. The van der Waals surface area contributed by atoms with E-state index < -0.39 is 0 Å². The third kappa shape index (κ3) is 4.40. The first kappa shape index (κ1) is 13.0. The lowest BCUT2D eigenvalue weighted by Gasteiger charge is -2.10. The van der Waals surface area contributed by atoms with Gasteiger partial charge >= 0.3 is 0 Å². The van der Waals surface area contributed by atoms with Gasteiger partial charge < -0.3 is 0 Å². The summed E-state index contributed by atoms with van der Waals surface area (Å²) in [6.45, 7) is 0. The van der Waals surface area contributed by atoms with Crippen LogP contribution in [0, 0.1) is 11.3 Å². The van der Waals surface area contributed by atoms with Gasteiger partial charge in [0.25, 0.3) is 0 Å². The maximum absolute atomic E-state index is 9.01. The van der Waals surface area contributed by atoms with E-state index in [1.54, 1.807) is 17.8 Å². The molecule has 0 aliphatic heterocycles. The molecule has 1 aromatic carbocycles. The number of thioether (sulfide) groups is 1. The highest BCUT2D eigenvalue weighted by atomic mass is 35.5. The molecule has 0 radical (unpaired) electrons. The predicted octanol–water partition coefficient (Wildman–Crippen LogP) is 3.73. The average Bonchev–Trinajstić information content (AvgIpc) is 3.06. The fraction of sp³-hybridized carbons (Fsp3) is 0.417. The van der Waals surface area contributed by atoms with Crippen molar-refractivity contribution in [2.24, 2.45) is 0 Å². The average molecular weight is 287 g/mol. The molecule has 0 heterocycles. The molecule has 0 bridgehead atoms. The second-order valence-corrected chi connectivity index (χ2v) is 6.01. The zero-order valence-corrected chi connectivity index (χ0v) is 11.4. The first-order chi connectivity index (χ1) is 8.17. The molecule has 1 N–H and O–H groups in total. The number of nitrogens with one attached hydrogen (secondary N) is 1. The summed E-state index contributed by atoms with van der Waals surface area (Å²) in [6, 6.07) is 8.15. The molecule has 0 spiro atoms. The Morgan fingerprint density at radius 2 is 2.00 bits per heavy atom. The molecule has 5 heteroatoms. The summed E-state index contributed by atoms with van der Waals surface area (Å²) >= 11 is 13.4. The number of hydrogen-bond acceptors (Lipinski definition) is 3. The van der Waals surface area contributed by atoms with Crippen LogP contribution in [0.15, 0.2) is 23.1 Å². The van der Waals surface area contributed by atoms with E-state index in [0.717, 1.165) is 4.90 Å². The van der Waals surface area contributed by atoms with Crippen molar-refractivity contribution in [3.63, 3.8) is 0 Å². The van der Waals surface area contributed by atoms with Gasteiger partial charge in [0, 0.05) is 26.7 Å². The highest BCUT2D eigenvalue weighted by molar-refractivity contribution is 7.99. The number of rotatable bonds is 5. The lowest BCUT2D eigenvalue weighted by atomic mass is 10.3. The summed E-state index contributed by atoms with van der Waals surface area (Å²) in [6.07, 6.45) is 2.37. The maximum Gasteiger partial charge on any atom is 0.105 e. The topological polar surface area (TPSA) is 35.8 Å². The van der Waals surface area contributed by atoms with Gasteiger partial charge in [-0.05, 0) is 31.0 Å². The molecule has 17 heavy (non-hydrogen) atoms. The lowest BCUT2D eigenvalue weighted by molar-refractivity contribution is 0.644. The second kappa shape index (κ2) is 5.97. The fourth-order valence-electron chi connectivity index (χ4n) is 1.45. The molecule has 1 unspecified atom stereocenters. The SMILES string of the molecule is N#CC(CSc1cc(Cl)cc(Cl)c1)NC1CC1. The summed E-state index contributed by atoms with van der Waals surface area (Å²) in [5.74, 6) is 0.712. The Morgan fingerprint density at radius 1 is 1.35 bits per heavy atom. The minimum atomic E-state index is -0.106. The number of hydrogen-bond donors (Lipinski definition) is 1. The van der Waals surface area contributed by atoms with E-state index in [9.17, 15) is 0 Å². The molecule has 1 saturated carbocycles. The van der Waals surface area contributed by atoms with Crippen molar-refractivity contribution >= 4 is 35.0 Å². The van der Waals surface area contributed by atoms with Crippen molar-refractivity contribution in [3.8, 4) is 6.07 Å². The van der Waals surface area contributed by atoms with Gasteiger partial charge in [-0.2, -0.15) is 5.26 Å². The molecule has 90 valence electrons. The molecular weight excluding hydrogens is 275 g/mol. The summed E-state index contributed by atoms with van der Waals surface area (Å²) in [4.78, 5) is 1.00. The van der Waals surface area contributed by atoms with Gasteiger partial charge in [0.15, 0.2) is 0 Å². The highest BCUT2D eigenvalue weighted by Gasteiger charge is 2.24. The van der Waals surface area contributed by atoms with E-state index in [2.05, 4.69) is 11.4 Å². The Kier molecular flexibility index (Phi) is 4.58. The van der Waals surface area contributed by atoms with Crippen LogP contribution in [0.5, 0.6) is 0 Å². The number of benzene rings is 1. The zero-order valence-electron chi connectivity index (χ0n) is 9.12. The number of halogens is 2. The van der Waals surface area contributed by atoms with Gasteiger partial charge in [-0.3, -0.25) is 5.32 Å².